The number of unbranched alkanes of at least 4 members (excludes halogenated alkanes) is 4. The average Bonchev–Trinajstić information content (AvgIpc) is 3.15. The van der Waals surface area contributed by atoms with E-state index in [2.05, 4.69) is 5.32 Å². The molecule has 0 radical (unpaired) electrons. The number of carbonyl (C=O) groups excluding carboxylic acids is 4. The van der Waals surface area contributed by atoms with Gasteiger partial charge in [-0.25, -0.2) is 0 Å². The average molecular weight is 575 g/mol. The summed E-state index contributed by atoms with van der Waals surface area (Å²) in [5.41, 5.74) is 1.12. The minimum atomic E-state index is -3.78. The number of nitrogens with zero attached hydrogens (tertiary/aromatic N) is 1. The molecule has 2 aliphatic heterocycles. The SMILES string of the molecule is Cc1ccc(S(=O)(=O)OCCCCCCCS(=O)c2cccc3c2C(=O)N(C2CCC(=O)NC2=O)C3=O)cc1. The number of nitrogens with one attached hydrogen (secondary N) is 1. The van der Waals surface area contributed by atoms with Gasteiger partial charge in [0, 0.05) is 12.2 Å². The summed E-state index contributed by atoms with van der Waals surface area (Å²) in [5, 5.41) is 2.16. The van der Waals surface area contributed by atoms with E-state index in [1.54, 1.807) is 24.3 Å². The highest BCUT2D eigenvalue weighted by Crippen LogP contribution is 2.31. The number of hydrogen-bond donors (Lipinski definition) is 1. The second-order valence-electron chi connectivity index (χ2n) is 9.53. The van der Waals surface area contributed by atoms with E-state index in [9.17, 15) is 31.8 Å². The van der Waals surface area contributed by atoms with Crippen LogP contribution in [0.1, 0.15) is 71.2 Å². The minimum absolute atomic E-state index is 0.0251. The number of amides is 4. The van der Waals surface area contributed by atoms with Gasteiger partial charge in [-0.2, -0.15) is 8.42 Å². The smallest absolute Gasteiger partial charge is 0.295 e. The molecule has 0 aromatic heterocycles. The van der Waals surface area contributed by atoms with Gasteiger partial charge in [0.15, 0.2) is 0 Å². The summed E-state index contributed by atoms with van der Waals surface area (Å²) >= 11 is 0. The predicted molar refractivity (Wildman–Crippen MR) is 142 cm³/mol. The molecule has 2 unspecified atom stereocenters. The molecule has 208 valence electrons. The Bertz CT molecular complexity index is 1420. The Morgan fingerprint density at radius 3 is 2.36 bits per heavy atom. The van der Waals surface area contributed by atoms with Gasteiger partial charge in [0.05, 0.1) is 38.3 Å². The van der Waals surface area contributed by atoms with Gasteiger partial charge >= 0.3 is 0 Å². The molecule has 4 amide bonds. The molecule has 2 heterocycles. The van der Waals surface area contributed by atoms with E-state index in [-0.39, 0.29) is 46.1 Å². The van der Waals surface area contributed by atoms with Crippen molar-refractivity contribution in [1.82, 2.24) is 10.2 Å². The molecule has 39 heavy (non-hydrogen) atoms. The van der Waals surface area contributed by atoms with Crippen molar-refractivity contribution in [2.75, 3.05) is 12.4 Å². The molecule has 1 saturated heterocycles. The van der Waals surface area contributed by atoms with Crippen LogP contribution in [-0.4, -0.2) is 59.6 Å². The summed E-state index contributed by atoms with van der Waals surface area (Å²) in [6.07, 6.45) is 3.53. The maximum absolute atomic E-state index is 13.2. The molecule has 12 heteroatoms. The van der Waals surface area contributed by atoms with Crippen LogP contribution in [0.3, 0.4) is 0 Å². The monoisotopic (exact) mass is 574 g/mol. The van der Waals surface area contributed by atoms with E-state index in [1.165, 1.54) is 18.2 Å². The van der Waals surface area contributed by atoms with Crippen LogP contribution in [0.25, 0.3) is 0 Å². The zero-order valence-corrected chi connectivity index (χ0v) is 23.1. The Morgan fingerprint density at radius 2 is 1.64 bits per heavy atom. The molecule has 0 bridgehead atoms. The molecule has 1 fully saturated rings. The van der Waals surface area contributed by atoms with E-state index in [0.29, 0.717) is 12.8 Å². The molecular formula is C27H30N2O8S2. The first-order chi connectivity index (χ1) is 18.6. The lowest BCUT2D eigenvalue weighted by molar-refractivity contribution is -0.136. The van der Waals surface area contributed by atoms with Crippen molar-refractivity contribution in [2.45, 2.75) is 67.7 Å². The van der Waals surface area contributed by atoms with Gasteiger partial charge in [-0.05, 0) is 50.5 Å². The third-order valence-corrected chi connectivity index (χ3v) is 9.51. The molecule has 2 aromatic rings. The zero-order chi connectivity index (χ0) is 28.2. The van der Waals surface area contributed by atoms with Crippen LogP contribution in [0.5, 0.6) is 0 Å². The molecule has 10 nitrogen and oxygen atoms in total. The quantitative estimate of drug-likeness (QED) is 0.232. The Hall–Kier alpha value is -3.22. The fourth-order valence-electron chi connectivity index (χ4n) is 4.59. The number of hydrogen-bond acceptors (Lipinski definition) is 8. The number of carbonyl (C=O) groups is 4. The molecule has 0 aliphatic carbocycles. The van der Waals surface area contributed by atoms with Crippen molar-refractivity contribution in [3.8, 4) is 0 Å². The number of fused-ring (bicyclic) bond motifs is 1. The van der Waals surface area contributed by atoms with Gasteiger partial charge < -0.3 is 0 Å². The van der Waals surface area contributed by atoms with Crippen molar-refractivity contribution < 1.29 is 36.0 Å². The van der Waals surface area contributed by atoms with E-state index in [4.69, 9.17) is 4.18 Å². The Kier molecular flexibility index (Phi) is 9.08. The largest absolute Gasteiger partial charge is 0.296 e. The number of imide groups is 2. The molecule has 0 spiro atoms. The summed E-state index contributed by atoms with van der Waals surface area (Å²) in [6.45, 7) is 1.95. The number of aryl methyl sites for hydroxylation is 1. The molecule has 2 aromatic carbocycles. The molecule has 4 rings (SSSR count). The van der Waals surface area contributed by atoms with E-state index in [1.807, 2.05) is 6.92 Å². The normalized spacial score (nSPS) is 18.3. The van der Waals surface area contributed by atoms with Gasteiger partial charge in [0.2, 0.25) is 11.8 Å². The van der Waals surface area contributed by atoms with Crippen molar-refractivity contribution >= 4 is 44.5 Å². The highest BCUT2D eigenvalue weighted by Gasteiger charge is 2.46. The van der Waals surface area contributed by atoms with Gasteiger partial charge in [-0.15, -0.1) is 0 Å². The van der Waals surface area contributed by atoms with Crippen LogP contribution in [0.2, 0.25) is 0 Å². The molecule has 1 N–H and O–H groups in total. The number of piperidine rings is 1. The second-order valence-corrected chi connectivity index (χ2v) is 12.7. The first kappa shape index (κ1) is 28.8. The first-order valence-electron chi connectivity index (χ1n) is 12.8. The van der Waals surface area contributed by atoms with Gasteiger partial charge in [-0.1, -0.05) is 43.0 Å². The molecule has 2 aliphatic rings. The standard InChI is InChI=1S/C27H30N2O8S2/c1-18-10-12-19(13-11-18)39(35,36)37-16-5-3-2-4-6-17-38(34)22-9-7-8-20-24(22)27(33)29(26(20)32)21-14-15-23(30)28-25(21)31/h7-13,21H,2-6,14-17H2,1H3,(H,28,30,31). The van der Waals surface area contributed by atoms with Crippen molar-refractivity contribution in [1.29, 1.82) is 0 Å². The highest BCUT2D eigenvalue weighted by molar-refractivity contribution is 7.86. The Labute approximate surface area is 229 Å². The van der Waals surface area contributed by atoms with Crippen molar-refractivity contribution in [3.05, 3.63) is 59.2 Å². The van der Waals surface area contributed by atoms with Gasteiger partial charge in [-0.3, -0.25) is 37.8 Å². The van der Waals surface area contributed by atoms with Crippen LogP contribution < -0.4 is 5.32 Å². The van der Waals surface area contributed by atoms with Crippen molar-refractivity contribution in [3.63, 3.8) is 0 Å². The Balaban J connectivity index is 1.24. The van der Waals surface area contributed by atoms with Crippen LogP contribution in [0, 0.1) is 6.92 Å². The molecule has 2 atom stereocenters. The highest BCUT2D eigenvalue weighted by atomic mass is 32.2. The summed E-state index contributed by atoms with van der Waals surface area (Å²) in [6, 6.07) is 9.98. The maximum atomic E-state index is 13.2. The third kappa shape index (κ3) is 6.51. The third-order valence-electron chi connectivity index (χ3n) is 6.70. The zero-order valence-electron chi connectivity index (χ0n) is 21.5. The first-order valence-corrected chi connectivity index (χ1v) is 15.5. The van der Waals surface area contributed by atoms with Crippen LogP contribution in [-0.2, 0) is 34.7 Å². The molecule has 0 saturated carbocycles. The van der Waals surface area contributed by atoms with E-state index >= 15 is 0 Å². The maximum Gasteiger partial charge on any atom is 0.296 e. The minimum Gasteiger partial charge on any atom is -0.295 e. The summed E-state index contributed by atoms with van der Waals surface area (Å²) < 4.78 is 42.6. The fraction of sp³-hybridized carbons (Fsp3) is 0.407. The summed E-state index contributed by atoms with van der Waals surface area (Å²) in [4.78, 5) is 51.1. The summed E-state index contributed by atoms with van der Waals surface area (Å²) in [7, 11) is -5.32. The lowest BCUT2D eigenvalue weighted by Gasteiger charge is -2.27. The van der Waals surface area contributed by atoms with Gasteiger partial charge in [0.25, 0.3) is 21.9 Å². The molecular weight excluding hydrogens is 544 g/mol. The van der Waals surface area contributed by atoms with Crippen LogP contribution in [0.4, 0.5) is 0 Å². The van der Waals surface area contributed by atoms with Crippen molar-refractivity contribution in [2.24, 2.45) is 0 Å². The van der Waals surface area contributed by atoms with Crippen LogP contribution in [0.15, 0.2) is 52.3 Å². The Morgan fingerprint density at radius 1 is 0.949 bits per heavy atom. The number of benzene rings is 2. The summed E-state index contributed by atoms with van der Waals surface area (Å²) in [5.74, 6) is -2.16. The lowest BCUT2D eigenvalue weighted by Crippen LogP contribution is -2.54. The number of rotatable bonds is 12. The fourth-order valence-corrected chi connectivity index (χ4v) is 6.88. The lowest BCUT2D eigenvalue weighted by atomic mass is 10.0. The van der Waals surface area contributed by atoms with Gasteiger partial charge in [0.1, 0.15) is 6.04 Å². The van der Waals surface area contributed by atoms with E-state index < -0.39 is 50.6 Å². The van der Waals surface area contributed by atoms with E-state index in [0.717, 1.165) is 29.7 Å². The topological polar surface area (TPSA) is 144 Å². The second kappa shape index (κ2) is 12.3. The van der Waals surface area contributed by atoms with Crippen LogP contribution >= 0.6 is 0 Å². The predicted octanol–water partition coefficient (Wildman–Crippen LogP) is 2.86.